The van der Waals surface area contributed by atoms with Crippen LogP contribution in [0.25, 0.3) is 0 Å². The van der Waals surface area contributed by atoms with Crippen molar-refractivity contribution in [3.8, 4) is 0 Å². The summed E-state index contributed by atoms with van der Waals surface area (Å²) in [6, 6.07) is 5.00. The lowest BCUT2D eigenvalue weighted by Gasteiger charge is -2.08. The molecular formula is C13H15BrN4O2. The predicted molar refractivity (Wildman–Crippen MR) is 77.3 cm³/mol. The van der Waals surface area contributed by atoms with Gasteiger partial charge in [-0.1, -0.05) is 22.0 Å². The lowest BCUT2D eigenvalue weighted by molar-refractivity contribution is 0.0697. The van der Waals surface area contributed by atoms with Gasteiger partial charge in [0.25, 0.3) is 0 Å². The van der Waals surface area contributed by atoms with Gasteiger partial charge in [-0.2, -0.15) is 0 Å². The fraction of sp³-hybridized carbons (Fsp3) is 0.308. The van der Waals surface area contributed by atoms with Crippen molar-refractivity contribution in [2.75, 3.05) is 0 Å². The number of rotatable bonds is 6. The van der Waals surface area contributed by atoms with Gasteiger partial charge in [0.15, 0.2) is 0 Å². The molecule has 0 amide bonds. The molecule has 2 N–H and O–H groups in total. The minimum absolute atomic E-state index is 0.270. The van der Waals surface area contributed by atoms with Crippen molar-refractivity contribution in [1.82, 2.24) is 20.1 Å². The molecule has 0 bridgehead atoms. The van der Waals surface area contributed by atoms with Gasteiger partial charge in [0.05, 0.1) is 12.1 Å². The Morgan fingerprint density at radius 3 is 2.90 bits per heavy atom. The van der Waals surface area contributed by atoms with Crippen molar-refractivity contribution in [2.24, 2.45) is 0 Å². The van der Waals surface area contributed by atoms with Crippen molar-refractivity contribution in [2.45, 2.75) is 26.6 Å². The van der Waals surface area contributed by atoms with Crippen LogP contribution in [0.2, 0.25) is 0 Å². The minimum Gasteiger partial charge on any atom is -0.478 e. The van der Waals surface area contributed by atoms with E-state index >= 15 is 0 Å². The van der Waals surface area contributed by atoms with Crippen LogP contribution in [-0.2, 0) is 19.6 Å². The van der Waals surface area contributed by atoms with Crippen LogP contribution < -0.4 is 5.32 Å². The predicted octanol–water partition coefficient (Wildman–Crippen LogP) is 2.05. The fourth-order valence-electron chi connectivity index (χ4n) is 1.81. The molecule has 0 saturated carbocycles. The molecule has 0 fully saturated rings. The highest BCUT2D eigenvalue weighted by molar-refractivity contribution is 9.10. The van der Waals surface area contributed by atoms with E-state index in [1.165, 1.54) is 0 Å². The summed E-state index contributed by atoms with van der Waals surface area (Å²) in [7, 11) is 0. The quantitative estimate of drug-likeness (QED) is 0.842. The van der Waals surface area contributed by atoms with Gasteiger partial charge in [0, 0.05) is 17.6 Å². The number of benzene rings is 1. The van der Waals surface area contributed by atoms with E-state index in [0.717, 1.165) is 22.4 Å². The lowest BCUT2D eigenvalue weighted by atomic mass is 10.1. The maximum atomic E-state index is 10.9. The average Bonchev–Trinajstić information content (AvgIpc) is 2.87. The van der Waals surface area contributed by atoms with Crippen LogP contribution in [0.15, 0.2) is 29.0 Å². The highest BCUT2D eigenvalue weighted by Gasteiger charge is 2.07. The Hall–Kier alpha value is -1.73. The van der Waals surface area contributed by atoms with Crippen LogP contribution in [0.3, 0.4) is 0 Å². The van der Waals surface area contributed by atoms with E-state index in [9.17, 15) is 4.79 Å². The SMILES string of the molecule is CCn1cnnc1CNCc1ccc(C(=O)O)cc1Br. The number of aryl methyl sites for hydroxylation is 1. The Morgan fingerprint density at radius 2 is 2.25 bits per heavy atom. The van der Waals surface area contributed by atoms with Gasteiger partial charge >= 0.3 is 5.97 Å². The molecule has 2 rings (SSSR count). The molecular weight excluding hydrogens is 324 g/mol. The molecule has 106 valence electrons. The molecule has 7 heteroatoms. The zero-order valence-corrected chi connectivity index (χ0v) is 12.6. The third-order valence-corrected chi connectivity index (χ3v) is 3.67. The van der Waals surface area contributed by atoms with Gasteiger partial charge in [-0.3, -0.25) is 0 Å². The monoisotopic (exact) mass is 338 g/mol. The van der Waals surface area contributed by atoms with Crippen molar-refractivity contribution < 1.29 is 9.90 Å². The molecule has 1 aromatic heterocycles. The second kappa shape index (κ2) is 6.62. The number of aromatic nitrogens is 3. The standard InChI is InChI=1S/C13H15BrN4O2/c1-2-18-8-16-17-12(18)7-15-6-10-4-3-9(13(19)20)5-11(10)14/h3-5,8,15H,2,6-7H2,1H3,(H,19,20). The molecule has 2 aromatic rings. The summed E-state index contributed by atoms with van der Waals surface area (Å²) in [5, 5.41) is 20.1. The fourth-order valence-corrected chi connectivity index (χ4v) is 2.33. The van der Waals surface area contributed by atoms with Gasteiger partial charge < -0.3 is 15.0 Å². The Labute approximate surface area is 125 Å². The van der Waals surface area contributed by atoms with Crippen LogP contribution in [0, 0.1) is 0 Å². The molecule has 20 heavy (non-hydrogen) atoms. The van der Waals surface area contributed by atoms with E-state index < -0.39 is 5.97 Å². The van der Waals surface area contributed by atoms with Crippen LogP contribution >= 0.6 is 15.9 Å². The minimum atomic E-state index is -0.929. The van der Waals surface area contributed by atoms with Gasteiger partial charge in [-0.15, -0.1) is 10.2 Å². The number of hydrogen-bond acceptors (Lipinski definition) is 4. The summed E-state index contributed by atoms with van der Waals surface area (Å²) in [5.74, 6) is -0.0490. The average molecular weight is 339 g/mol. The van der Waals surface area contributed by atoms with E-state index in [-0.39, 0.29) is 5.56 Å². The van der Waals surface area contributed by atoms with E-state index in [0.29, 0.717) is 13.1 Å². The first-order chi connectivity index (χ1) is 9.61. The first-order valence-electron chi connectivity index (χ1n) is 6.21. The van der Waals surface area contributed by atoms with E-state index in [1.54, 1.807) is 24.5 Å². The van der Waals surface area contributed by atoms with Gasteiger partial charge in [-0.05, 0) is 24.6 Å². The number of halogens is 1. The van der Waals surface area contributed by atoms with E-state index in [4.69, 9.17) is 5.11 Å². The Balaban J connectivity index is 1.96. The van der Waals surface area contributed by atoms with Crippen molar-refractivity contribution in [1.29, 1.82) is 0 Å². The largest absolute Gasteiger partial charge is 0.478 e. The maximum Gasteiger partial charge on any atom is 0.335 e. The summed E-state index contributed by atoms with van der Waals surface area (Å²) in [6.07, 6.45) is 1.70. The number of nitrogens with one attached hydrogen (secondary N) is 1. The molecule has 6 nitrogen and oxygen atoms in total. The number of carboxylic acid groups (broad SMARTS) is 1. The molecule has 0 saturated heterocycles. The second-order valence-corrected chi connectivity index (χ2v) is 5.10. The zero-order chi connectivity index (χ0) is 14.5. The topological polar surface area (TPSA) is 80.0 Å². The van der Waals surface area contributed by atoms with Gasteiger partial charge in [0.2, 0.25) is 0 Å². The molecule has 0 radical (unpaired) electrons. The molecule has 1 aromatic carbocycles. The Kier molecular flexibility index (Phi) is 4.86. The second-order valence-electron chi connectivity index (χ2n) is 4.25. The summed E-state index contributed by atoms with van der Waals surface area (Å²) in [6.45, 7) is 4.10. The Morgan fingerprint density at radius 1 is 1.45 bits per heavy atom. The molecule has 0 unspecified atom stereocenters. The molecule has 0 aliphatic heterocycles. The Bertz CT molecular complexity index is 612. The lowest BCUT2D eigenvalue weighted by Crippen LogP contribution is -2.16. The summed E-state index contributed by atoms with van der Waals surface area (Å²) >= 11 is 3.39. The molecule has 0 aliphatic rings. The summed E-state index contributed by atoms with van der Waals surface area (Å²) in [4.78, 5) is 10.9. The number of aromatic carboxylic acids is 1. The zero-order valence-electron chi connectivity index (χ0n) is 11.0. The van der Waals surface area contributed by atoms with Crippen LogP contribution in [-0.4, -0.2) is 25.8 Å². The normalized spacial score (nSPS) is 10.7. The van der Waals surface area contributed by atoms with Crippen LogP contribution in [0.5, 0.6) is 0 Å². The first kappa shape index (κ1) is 14.7. The highest BCUT2D eigenvalue weighted by Crippen LogP contribution is 2.18. The number of nitrogens with zero attached hydrogens (tertiary/aromatic N) is 3. The highest BCUT2D eigenvalue weighted by atomic mass is 79.9. The maximum absolute atomic E-state index is 10.9. The molecule has 1 heterocycles. The van der Waals surface area contributed by atoms with Crippen molar-refractivity contribution >= 4 is 21.9 Å². The number of hydrogen-bond donors (Lipinski definition) is 2. The first-order valence-corrected chi connectivity index (χ1v) is 7.00. The molecule has 0 atom stereocenters. The third kappa shape index (κ3) is 3.43. The summed E-state index contributed by atoms with van der Waals surface area (Å²) in [5.41, 5.74) is 1.27. The van der Waals surface area contributed by atoms with Crippen molar-refractivity contribution in [3.05, 3.63) is 46.0 Å². The van der Waals surface area contributed by atoms with Gasteiger partial charge in [-0.25, -0.2) is 4.79 Å². The van der Waals surface area contributed by atoms with Crippen molar-refractivity contribution in [3.63, 3.8) is 0 Å². The number of carbonyl (C=O) groups is 1. The van der Waals surface area contributed by atoms with Crippen LogP contribution in [0.4, 0.5) is 0 Å². The third-order valence-electron chi connectivity index (χ3n) is 2.93. The number of carboxylic acids is 1. The van der Waals surface area contributed by atoms with E-state index in [2.05, 4.69) is 31.4 Å². The van der Waals surface area contributed by atoms with Crippen LogP contribution in [0.1, 0.15) is 28.7 Å². The van der Waals surface area contributed by atoms with E-state index in [1.807, 2.05) is 11.5 Å². The smallest absolute Gasteiger partial charge is 0.335 e. The molecule has 0 aliphatic carbocycles. The van der Waals surface area contributed by atoms with Gasteiger partial charge in [0.1, 0.15) is 12.2 Å². The summed E-state index contributed by atoms with van der Waals surface area (Å²) < 4.78 is 2.75. The molecule has 0 spiro atoms.